The third-order valence-electron chi connectivity index (χ3n) is 5.34. The topological polar surface area (TPSA) is 39.2 Å². The third kappa shape index (κ3) is 2.93. The zero-order valence-corrected chi connectivity index (χ0v) is 13.4. The molecule has 124 valence electrons. The first kappa shape index (κ1) is 15.3. The first-order valence-corrected chi connectivity index (χ1v) is 8.60. The standard InChI is InChI=1S/C20H20FNO2/c21-15-7-5-13(6-8-15)19(14-9-11-22-12-10-14)24-20(23)18-16-3-1-2-4-17(16)18/h5-12,16-19H,1-4H2/t16-,17+,18?,19-/m0/s1. The number of halogens is 1. The Bertz CT molecular complexity index is 704. The van der Waals surface area contributed by atoms with E-state index in [0.717, 1.165) is 24.0 Å². The van der Waals surface area contributed by atoms with E-state index in [1.54, 1.807) is 24.5 Å². The fourth-order valence-electron chi connectivity index (χ4n) is 4.04. The van der Waals surface area contributed by atoms with Crippen LogP contribution in [-0.2, 0) is 9.53 Å². The number of aromatic nitrogens is 1. The van der Waals surface area contributed by atoms with Crippen molar-refractivity contribution in [3.05, 3.63) is 65.7 Å². The third-order valence-corrected chi connectivity index (χ3v) is 5.34. The SMILES string of the molecule is O=C(O[C@H](c1ccncc1)c1ccc(F)cc1)C1[C@H]2CCCC[C@@H]12. The Labute approximate surface area is 140 Å². The van der Waals surface area contributed by atoms with Crippen molar-refractivity contribution >= 4 is 5.97 Å². The highest BCUT2D eigenvalue weighted by atomic mass is 19.1. The number of hydrogen-bond donors (Lipinski definition) is 0. The minimum Gasteiger partial charge on any atom is -0.452 e. The monoisotopic (exact) mass is 325 g/mol. The maximum atomic E-state index is 13.2. The van der Waals surface area contributed by atoms with Crippen LogP contribution in [0.3, 0.4) is 0 Å². The molecule has 1 heterocycles. The van der Waals surface area contributed by atoms with Gasteiger partial charge in [0.05, 0.1) is 5.92 Å². The fourth-order valence-corrected chi connectivity index (χ4v) is 4.04. The Hall–Kier alpha value is -2.23. The van der Waals surface area contributed by atoms with Crippen molar-refractivity contribution in [2.24, 2.45) is 17.8 Å². The van der Waals surface area contributed by atoms with Gasteiger partial charge in [-0.3, -0.25) is 9.78 Å². The van der Waals surface area contributed by atoms with Gasteiger partial charge in [0.25, 0.3) is 0 Å². The lowest BCUT2D eigenvalue weighted by atomic mass is 10.0. The number of pyridine rings is 1. The number of esters is 1. The summed E-state index contributed by atoms with van der Waals surface area (Å²) in [6, 6.07) is 9.81. The second-order valence-corrected chi connectivity index (χ2v) is 6.79. The Morgan fingerprint density at radius 2 is 1.58 bits per heavy atom. The van der Waals surface area contributed by atoms with E-state index in [1.807, 2.05) is 12.1 Å². The predicted molar refractivity (Wildman–Crippen MR) is 87.5 cm³/mol. The van der Waals surface area contributed by atoms with E-state index in [9.17, 15) is 9.18 Å². The van der Waals surface area contributed by atoms with Crippen LogP contribution in [0.4, 0.5) is 4.39 Å². The zero-order chi connectivity index (χ0) is 16.5. The van der Waals surface area contributed by atoms with Gasteiger partial charge in [0.2, 0.25) is 0 Å². The van der Waals surface area contributed by atoms with Crippen LogP contribution >= 0.6 is 0 Å². The van der Waals surface area contributed by atoms with Crippen LogP contribution in [-0.4, -0.2) is 11.0 Å². The Balaban J connectivity index is 1.56. The quantitative estimate of drug-likeness (QED) is 0.787. The molecule has 2 aliphatic rings. The molecule has 0 aliphatic heterocycles. The van der Waals surface area contributed by atoms with Crippen LogP contribution in [0.1, 0.15) is 42.9 Å². The Morgan fingerprint density at radius 1 is 1.00 bits per heavy atom. The highest BCUT2D eigenvalue weighted by Crippen LogP contribution is 2.56. The molecule has 4 heteroatoms. The molecule has 0 saturated heterocycles. The van der Waals surface area contributed by atoms with E-state index in [0.29, 0.717) is 11.8 Å². The largest absolute Gasteiger partial charge is 0.452 e. The molecule has 1 aromatic carbocycles. The number of benzene rings is 1. The number of nitrogens with zero attached hydrogens (tertiary/aromatic N) is 1. The number of rotatable bonds is 4. The molecule has 0 bridgehead atoms. The van der Waals surface area contributed by atoms with Gasteiger partial charge >= 0.3 is 5.97 Å². The minimum atomic E-state index is -0.510. The second kappa shape index (κ2) is 6.34. The van der Waals surface area contributed by atoms with Crippen LogP contribution in [0.5, 0.6) is 0 Å². The predicted octanol–water partition coefficient (Wildman–Crippen LogP) is 4.29. The maximum Gasteiger partial charge on any atom is 0.310 e. The molecule has 0 amide bonds. The molecule has 3 nitrogen and oxygen atoms in total. The van der Waals surface area contributed by atoms with Crippen molar-refractivity contribution < 1.29 is 13.9 Å². The summed E-state index contributed by atoms with van der Waals surface area (Å²) in [4.78, 5) is 16.7. The van der Waals surface area contributed by atoms with Gasteiger partial charge in [-0.2, -0.15) is 0 Å². The summed E-state index contributed by atoms with van der Waals surface area (Å²) in [6.07, 6.45) is 7.56. The molecule has 2 fully saturated rings. The van der Waals surface area contributed by atoms with Gasteiger partial charge in [0, 0.05) is 18.0 Å². The molecule has 0 N–H and O–H groups in total. The lowest BCUT2D eigenvalue weighted by molar-refractivity contribution is -0.149. The molecule has 24 heavy (non-hydrogen) atoms. The molecule has 2 saturated carbocycles. The normalized spacial score (nSPS) is 26.3. The lowest BCUT2D eigenvalue weighted by Gasteiger charge is -2.19. The summed E-state index contributed by atoms with van der Waals surface area (Å²) < 4.78 is 19.1. The zero-order valence-electron chi connectivity index (χ0n) is 13.4. The first-order chi connectivity index (χ1) is 11.7. The van der Waals surface area contributed by atoms with E-state index in [4.69, 9.17) is 4.74 Å². The molecule has 2 aliphatic carbocycles. The van der Waals surface area contributed by atoms with Crippen LogP contribution < -0.4 is 0 Å². The molecule has 4 atom stereocenters. The smallest absolute Gasteiger partial charge is 0.310 e. The van der Waals surface area contributed by atoms with Gasteiger partial charge in [0.1, 0.15) is 5.82 Å². The van der Waals surface area contributed by atoms with E-state index in [2.05, 4.69) is 4.98 Å². The highest BCUT2D eigenvalue weighted by molar-refractivity contribution is 5.77. The number of ether oxygens (including phenoxy) is 1. The number of fused-ring (bicyclic) bond motifs is 1. The average molecular weight is 325 g/mol. The van der Waals surface area contributed by atoms with Gasteiger partial charge < -0.3 is 4.74 Å². The average Bonchev–Trinajstić information content (AvgIpc) is 3.36. The van der Waals surface area contributed by atoms with Crippen LogP contribution in [0.25, 0.3) is 0 Å². The van der Waals surface area contributed by atoms with Crippen molar-refractivity contribution in [2.45, 2.75) is 31.8 Å². The van der Waals surface area contributed by atoms with Gasteiger partial charge in [-0.15, -0.1) is 0 Å². The van der Waals surface area contributed by atoms with E-state index in [1.165, 1.54) is 25.0 Å². The molecule has 2 aromatic rings. The number of carbonyl (C=O) groups is 1. The van der Waals surface area contributed by atoms with Crippen molar-refractivity contribution in [1.82, 2.24) is 4.98 Å². The van der Waals surface area contributed by atoms with Gasteiger partial charge in [-0.25, -0.2) is 4.39 Å². The summed E-state index contributed by atoms with van der Waals surface area (Å²) in [5, 5.41) is 0. The van der Waals surface area contributed by atoms with Gasteiger partial charge in [-0.1, -0.05) is 25.0 Å². The van der Waals surface area contributed by atoms with Crippen molar-refractivity contribution in [1.29, 1.82) is 0 Å². The lowest BCUT2D eigenvalue weighted by Crippen LogP contribution is -2.15. The summed E-state index contributed by atoms with van der Waals surface area (Å²) in [6.45, 7) is 0. The summed E-state index contributed by atoms with van der Waals surface area (Å²) in [5.41, 5.74) is 1.63. The first-order valence-electron chi connectivity index (χ1n) is 8.60. The molecular weight excluding hydrogens is 305 g/mol. The van der Waals surface area contributed by atoms with Crippen molar-refractivity contribution in [2.75, 3.05) is 0 Å². The van der Waals surface area contributed by atoms with Crippen molar-refractivity contribution in [3.8, 4) is 0 Å². The summed E-state index contributed by atoms with van der Waals surface area (Å²) in [7, 11) is 0. The number of hydrogen-bond acceptors (Lipinski definition) is 3. The summed E-state index contributed by atoms with van der Waals surface area (Å²) in [5.74, 6) is 0.664. The van der Waals surface area contributed by atoms with Gasteiger partial charge in [-0.05, 0) is 54.5 Å². The Morgan fingerprint density at radius 3 is 2.21 bits per heavy atom. The van der Waals surface area contributed by atoms with E-state index in [-0.39, 0.29) is 17.7 Å². The molecular formula is C20H20FNO2. The van der Waals surface area contributed by atoms with E-state index >= 15 is 0 Å². The molecule has 0 radical (unpaired) electrons. The number of carbonyl (C=O) groups excluding carboxylic acids is 1. The minimum absolute atomic E-state index is 0.0530. The fraction of sp³-hybridized carbons (Fsp3) is 0.400. The van der Waals surface area contributed by atoms with E-state index < -0.39 is 6.10 Å². The molecule has 0 spiro atoms. The Kier molecular flexibility index (Phi) is 4.05. The summed E-state index contributed by atoms with van der Waals surface area (Å²) >= 11 is 0. The molecule has 1 unspecified atom stereocenters. The van der Waals surface area contributed by atoms with Crippen LogP contribution in [0.15, 0.2) is 48.8 Å². The highest BCUT2D eigenvalue weighted by Gasteiger charge is 2.56. The molecule has 4 rings (SSSR count). The maximum absolute atomic E-state index is 13.2. The van der Waals surface area contributed by atoms with Crippen LogP contribution in [0.2, 0.25) is 0 Å². The van der Waals surface area contributed by atoms with Crippen LogP contribution in [0, 0.1) is 23.6 Å². The second-order valence-electron chi connectivity index (χ2n) is 6.79. The molecule has 1 aromatic heterocycles. The van der Waals surface area contributed by atoms with Crippen molar-refractivity contribution in [3.63, 3.8) is 0 Å². The van der Waals surface area contributed by atoms with Gasteiger partial charge in [0.15, 0.2) is 6.10 Å².